The van der Waals surface area contributed by atoms with Crippen molar-refractivity contribution in [2.24, 2.45) is 94.5 Å². The van der Waals surface area contributed by atoms with Crippen LogP contribution in [0.2, 0.25) is 0 Å². The molecule has 0 radical (unpaired) electrons. The minimum absolute atomic E-state index is 0.00408. The van der Waals surface area contributed by atoms with E-state index in [0.717, 1.165) is 0 Å². The zero-order valence-electron chi connectivity index (χ0n) is 57.4. The number of aliphatic carboxylic acids is 1. The number of aliphatic hydroxyl groups excluding tert-OH is 1. The third-order valence-corrected chi connectivity index (χ3v) is 15.5. The van der Waals surface area contributed by atoms with Crippen LogP contribution < -0.4 is 128 Å². The molecule has 0 aromatic rings. The van der Waals surface area contributed by atoms with Crippen molar-refractivity contribution in [1.29, 1.82) is 5.41 Å². The SMILES string of the molecule is C[C@@H](O)[C@H](N)C(=O)N1CCC[C@H]1C(=O)N[C@@H](CCCN=C(N)N)C(=O)N[C@@H](CCC(=O)O)C(=O)N[C@@H](CCCN=C(N)N)C(=O)N[C@@H](CCCN=C(N)N)C(=O)N[C@@H](CCCNC(=N)N)C(=O)N[C@@H](CCCCN)C(=O)N[C@@H](CCCCN)C(=O)N[C@@H](CCCN=C(N)N)C(=O)NCC(N)=O. The number of carbonyl (C=O) groups is 12. The van der Waals surface area contributed by atoms with Crippen LogP contribution in [0.25, 0.3) is 0 Å². The van der Waals surface area contributed by atoms with Crippen LogP contribution in [0.1, 0.15) is 135 Å². The average molecular weight is 1440 g/mol. The number of nitrogens with one attached hydrogen (secondary N) is 11. The number of guanidine groups is 5. The number of amides is 11. The predicted molar refractivity (Wildman–Crippen MR) is 374 cm³/mol. The van der Waals surface area contributed by atoms with Gasteiger partial charge in [-0.05, 0) is 142 Å². The maximum atomic E-state index is 14.8. The summed E-state index contributed by atoms with van der Waals surface area (Å²) in [5.74, 6) is -13.0. The van der Waals surface area contributed by atoms with E-state index < -0.39 is 163 Å². The second kappa shape index (κ2) is 49.4. The van der Waals surface area contributed by atoms with E-state index in [9.17, 15) is 67.7 Å². The topological polar surface area (TPSA) is 780 Å². The number of unbranched alkanes of at least 4 members (excludes halogenated alkanes) is 2. The average Bonchev–Trinajstić information content (AvgIpc) is 1.77. The molecule has 101 heavy (non-hydrogen) atoms. The van der Waals surface area contributed by atoms with E-state index >= 15 is 0 Å². The van der Waals surface area contributed by atoms with Gasteiger partial charge in [0.2, 0.25) is 65.0 Å². The highest BCUT2D eigenvalue weighted by atomic mass is 16.4. The van der Waals surface area contributed by atoms with Gasteiger partial charge in [-0.25, -0.2) is 0 Å². The monoisotopic (exact) mass is 1440 g/mol. The number of carbonyl (C=O) groups excluding carboxylic acids is 11. The van der Waals surface area contributed by atoms with Crippen LogP contribution in [0, 0.1) is 5.41 Å². The van der Waals surface area contributed by atoms with E-state index in [1.54, 1.807) is 0 Å². The van der Waals surface area contributed by atoms with Crippen LogP contribution in [0.15, 0.2) is 20.0 Å². The Labute approximate surface area is 585 Å². The van der Waals surface area contributed by atoms with Crippen LogP contribution in [0.5, 0.6) is 0 Å². The fourth-order valence-electron chi connectivity index (χ4n) is 10.1. The first-order valence-corrected chi connectivity index (χ1v) is 33.4. The summed E-state index contributed by atoms with van der Waals surface area (Å²) >= 11 is 0. The van der Waals surface area contributed by atoms with E-state index in [1.807, 2.05) is 0 Å². The fourth-order valence-corrected chi connectivity index (χ4v) is 10.1. The van der Waals surface area contributed by atoms with E-state index in [-0.39, 0.29) is 166 Å². The molecule has 0 saturated carbocycles. The molecule has 0 aromatic carbocycles. The largest absolute Gasteiger partial charge is 0.481 e. The highest BCUT2D eigenvalue weighted by Crippen LogP contribution is 2.20. The second-order valence-corrected chi connectivity index (χ2v) is 23.9. The number of likely N-dealkylation sites (tertiary alicyclic amines) is 1. The maximum Gasteiger partial charge on any atom is 0.303 e. The van der Waals surface area contributed by atoms with Crippen molar-refractivity contribution in [3.05, 3.63) is 0 Å². The molecule has 0 bridgehead atoms. The molecule has 0 unspecified atom stereocenters. The molecule has 43 nitrogen and oxygen atoms in total. The number of aliphatic imine (C=N–C) groups is 4. The van der Waals surface area contributed by atoms with Gasteiger partial charge in [-0.3, -0.25) is 82.9 Å². The number of hydrogen-bond donors (Lipinski definition) is 26. The lowest BCUT2D eigenvalue weighted by Crippen LogP contribution is -2.60. The third-order valence-electron chi connectivity index (χ3n) is 15.5. The quantitative estimate of drug-likeness (QED) is 0.0153. The van der Waals surface area contributed by atoms with Crippen LogP contribution in [0.3, 0.4) is 0 Å². The molecule has 1 aliphatic heterocycles. The highest BCUT2D eigenvalue weighted by Gasteiger charge is 2.40. The van der Waals surface area contributed by atoms with Crippen LogP contribution in [0.4, 0.5) is 0 Å². The van der Waals surface area contributed by atoms with Crippen molar-refractivity contribution in [2.75, 3.05) is 58.9 Å². The van der Waals surface area contributed by atoms with Gasteiger partial charge in [0.15, 0.2) is 29.8 Å². The number of carboxylic acid groups (broad SMARTS) is 1. The number of nitrogens with two attached hydrogens (primary N) is 13. The lowest BCUT2D eigenvalue weighted by Gasteiger charge is -2.30. The molecular weight excluding hydrogens is 1330 g/mol. The van der Waals surface area contributed by atoms with Gasteiger partial charge in [-0.15, -0.1) is 0 Å². The Morgan fingerprint density at radius 2 is 0.772 bits per heavy atom. The molecule has 11 amide bonds. The first-order chi connectivity index (χ1) is 47.7. The Hall–Kier alpha value is -10.2. The Morgan fingerprint density at radius 1 is 0.455 bits per heavy atom. The molecule has 11 atom stereocenters. The maximum absolute atomic E-state index is 14.8. The van der Waals surface area contributed by atoms with E-state index in [2.05, 4.69) is 73.1 Å². The van der Waals surface area contributed by atoms with E-state index in [4.69, 9.17) is 79.9 Å². The summed E-state index contributed by atoms with van der Waals surface area (Å²) in [5.41, 5.74) is 72.5. The molecule has 43 heteroatoms. The summed E-state index contributed by atoms with van der Waals surface area (Å²) in [7, 11) is 0. The molecule has 1 rings (SSSR count). The molecule has 0 aliphatic carbocycles. The van der Waals surface area contributed by atoms with Crippen molar-refractivity contribution in [2.45, 2.75) is 202 Å². The molecule has 0 aromatic heterocycles. The van der Waals surface area contributed by atoms with Crippen molar-refractivity contribution in [1.82, 2.24) is 58.1 Å². The van der Waals surface area contributed by atoms with Gasteiger partial charge < -0.3 is 143 Å². The zero-order chi connectivity index (χ0) is 76.1. The molecule has 0 spiro atoms. The van der Waals surface area contributed by atoms with Gasteiger partial charge in [0.1, 0.15) is 60.4 Å². The summed E-state index contributed by atoms with van der Waals surface area (Å²) in [6.45, 7) is 1.05. The lowest BCUT2D eigenvalue weighted by atomic mass is 10.0. The van der Waals surface area contributed by atoms with Crippen LogP contribution >= 0.6 is 0 Å². The predicted octanol–water partition coefficient (Wildman–Crippen LogP) is -11.2. The van der Waals surface area contributed by atoms with Crippen LogP contribution in [-0.4, -0.2) is 241 Å². The second-order valence-electron chi connectivity index (χ2n) is 23.9. The summed E-state index contributed by atoms with van der Waals surface area (Å²) in [4.78, 5) is 183. The zero-order valence-corrected chi connectivity index (χ0v) is 57.4. The number of aliphatic hydroxyl groups is 1. The van der Waals surface area contributed by atoms with Crippen molar-refractivity contribution < 1.29 is 67.7 Å². The third kappa shape index (κ3) is 38.1. The Kier molecular flexibility index (Phi) is 43.4. The normalized spacial score (nSPS) is 15.3. The van der Waals surface area contributed by atoms with Gasteiger partial charge >= 0.3 is 5.97 Å². The number of hydrogen-bond acceptors (Lipinski definition) is 21. The molecule has 1 saturated heterocycles. The Balaban J connectivity index is 3.92. The molecule has 39 N–H and O–H groups in total. The standard InChI is InChI=1S/C58H111N29O14/c1-31(88)43(62)53(101)87-29-11-19-40(87)52(100)86-38(18-10-28-77-58(71)72)50(98)85-39(20-21-42(90)91)51(99)84-37(17-9-27-76-57(69)70)49(97)83-36(16-8-26-75-56(67)68)48(96)82-35(15-7-25-74-55(65)66)47(95)81-34(13-3-5-23-60)46(94)80-33(12-2-4-22-59)45(93)79-32(14-6-24-73-54(63)64)44(92)78-30-41(61)89/h31-40,43,88H,2-30,59-60,62H2,1H3,(H2,61,89)(H,78,92)(H,79,93)(H,80,94)(H,81,95)(H,82,96)(H,83,97)(H,84,99)(H,85,98)(H,86,100)(H,90,91)(H4,63,64,73)(H4,65,66,74)(H4,67,68,75)(H4,69,70,76)(H4,71,72,77)/t31-,32+,33+,34+,35+,36+,37+,38+,39+,40+,43+/m1/s1. The van der Waals surface area contributed by atoms with Gasteiger partial charge in [0.05, 0.1) is 12.6 Å². The van der Waals surface area contributed by atoms with Crippen LogP contribution in [-0.2, 0) is 57.5 Å². The van der Waals surface area contributed by atoms with Gasteiger partial charge in [-0.1, -0.05) is 0 Å². The van der Waals surface area contributed by atoms with Crippen molar-refractivity contribution >= 4 is 101 Å². The number of primary amides is 1. The minimum Gasteiger partial charge on any atom is -0.481 e. The molecule has 1 aliphatic rings. The number of nitrogens with zero attached hydrogens (tertiary/aromatic N) is 5. The summed E-state index contributed by atoms with van der Waals surface area (Å²) in [6.07, 6.45) is -1.49. The summed E-state index contributed by atoms with van der Waals surface area (Å²) in [5, 5.41) is 53.3. The first-order valence-electron chi connectivity index (χ1n) is 33.4. The Bertz CT molecular complexity index is 2830. The lowest BCUT2D eigenvalue weighted by molar-refractivity contribution is -0.142. The molecule has 1 fully saturated rings. The summed E-state index contributed by atoms with van der Waals surface area (Å²) in [6, 6.07) is -14.5. The highest BCUT2D eigenvalue weighted by molar-refractivity contribution is 5.99. The van der Waals surface area contributed by atoms with Gasteiger partial charge in [-0.2, -0.15) is 0 Å². The van der Waals surface area contributed by atoms with Gasteiger partial charge in [0, 0.05) is 45.7 Å². The van der Waals surface area contributed by atoms with E-state index in [1.165, 1.54) is 11.8 Å². The van der Waals surface area contributed by atoms with Gasteiger partial charge in [0.25, 0.3) is 0 Å². The smallest absolute Gasteiger partial charge is 0.303 e. The minimum atomic E-state index is -1.74. The summed E-state index contributed by atoms with van der Waals surface area (Å²) < 4.78 is 0. The van der Waals surface area contributed by atoms with Crippen molar-refractivity contribution in [3.63, 3.8) is 0 Å². The Morgan fingerprint density at radius 3 is 1.08 bits per heavy atom. The van der Waals surface area contributed by atoms with Crippen molar-refractivity contribution in [3.8, 4) is 0 Å². The molecule has 1 heterocycles. The fraction of sp³-hybridized carbons (Fsp3) is 0.707. The number of rotatable bonds is 52. The molecular formula is C58H111N29O14. The first kappa shape index (κ1) is 88.8. The van der Waals surface area contributed by atoms with E-state index in [0.29, 0.717) is 25.7 Å². The molecule has 572 valence electrons. The number of carboxylic acids is 1.